The standard InChI is InChI=1S/C29H35N3O6/c1-28(2,3)21-11-7-20(8-12-21)24-23(19-9-13-22(36-5)14-10-19)30-25(38-24)29(26(33)37-6)15-17-32(18-16-29)27(34)31(4)35/h7-14,35H,15-18H2,1-6H3. The predicted octanol–water partition coefficient (Wildman–Crippen LogP) is 5.26. The summed E-state index contributed by atoms with van der Waals surface area (Å²) in [5.41, 5.74) is 2.24. The zero-order chi connectivity index (χ0) is 27.7. The molecule has 4 rings (SSSR count). The highest BCUT2D eigenvalue weighted by molar-refractivity contribution is 5.84. The van der Waals surface area contributed by atoms with Gasteiger partial charge in [0.15, 0.2) is 5.76 Å². The molecule has 0 unspecified atom stereocenters. The number of rotatable bonds is 5. The molecule has 9 heteroatoms. The quantitative estimate of drug-likeness (QED) is 0.277. The highest BCUT2D eigenvalue weighted by Gasteiger charge is 2.49. The summed E-state index contributed by atoms with van der Waals surface area (Å²) in [6.45, 7) is 6.93. The Balaban J connectivity index is 1.81. The number of esters is 1. The third-order valence-corrected chi connectivity index (χ3v) is 7.15. The molecular formula is C29H35N3O6. The fourth-order valence-corrected chi connectivity index (χ4v) is 4.77. The number of urea groups is 1. The molecule has 3 aromatic rings. The van der Waals surface area contributed by atoms with Crippen molar-refractivity contribution in [1.82, 2.24) is 14.9 Å². The number of hydroxylamine groups is 2. The smallest absolute Gasteiger partial charge is 0.343 e. The maximum absolute atomic E-state index is 13.2. The molecule has 9 nitrogen and oxygen atoms in total. The van der Waals surface area contributed by atoms with E-state index in [-0.39, 0.29) is 37.2 Å². The van der Waals surface area contributed by atoms with E-state index < -0.39 is 17.4 Å². The summed E-state index contributed by atoms with van der Waals surface area (Å²) >= 11 is 0. The van der Waals surface area contributed by atoms with Gasteiger partial charge in [0, 0.05) is 31.3 Å². The molecule has 1 aromatic heterocycles. The zero-order valence-corrected chi connectivity index (χ0v) is 22.8. The lowest BCUT2D eigenvalue weighted by Gasteiger charge is -2.38. The van der Waals surface area contributed by atoms with Crippen molar-refractivity contribution in [2.24, 2.45) is 0 Å². The summed E-state index contributed by atoms with van der Waals surface area (Å²) in [4.78, 5) is 31.9. The summed E-state index contributed by atoms with van der Waals surface area (Å²) in [6.07, 6.45) is 0.481. The Morgan fingerprint density at radius 2 is 1.58 bits per heavy atom. The Kier molecular flexibility index (Phi) is 7.51. The van der Waals surface area contributed by atoms with Crippen LogP contribution in [0.4, 0.5) is 4.79 Å². The molecule has 202 valence electrons. The first kappa shape index (κ1) is 27.2. The van der Waals surface area contributed by atoms with Crippen molar-refractivity contribution in [2.75, 3.05) is 34.4 Å². The minimum Gasteiger partial charge on any atom is -0.497 e. The number of benzene rings is 2. The van der Waals surface area contributed by atoms with Gasteiger partial charge in [-0.2, -0.15) is 0 Å². The molecule has 0 spiro atoms. The maximum Gasteiger partial charge on any atom is 0.343 e. The largest absolute Gasteiger partial charge is 0.497 e. The van der Waals surface area contributed by atoms with E-state index in [1.54, 1.807) is 7.11 Å². The molecule has 0 atom stereocenters. The molecule has 1 saturated heterocycles. The van der Waals surface area contributed by atoms with E-state index in [1.807, 2.05) is 36.4 Å². The molecule has 2 aromatic carbocycles. The van der Waals surface area contributed by atoms with Crippen LogP contribution in [0.3, 0.4) is 0 Å². The van der Waals surface area contributed by atoms with Crippen molar-refractivity contribution in [3.63, 3.8) is 0 Å². The average Bonchev–Trinajstić information content (AvgIpc) is 3.38. The highest BCUT2D eigenvalue weighted by Crippen LogP contribution is 2.42. The Morgan fingerprint density at radius 3 is 2.08 bits per heavy atom. The molecule has 1 fully saturated rings. The van der Waals surface area contributed by atoms with E-state index >= 15 is 0 Å². The normalized spacial score (nSPS) is 15.2. The van der Waals surface area contributed by atoms with Crippen LogP contribution in [0.1, 0.15) is 45.1 Å². The Hall–Kier alpha value is -3.85. The fraction of sp³-hybridized carbons (Fsp3) is 0.414. The summed E-state index contributed by atoms with van der Waals surface area (Å²) in [7, 11) is 4.22. The number of carbonyl (C=O) groups excluding carboxylic acids is 2. The van der Waals surface area contributed by atoms with Gasteiger partial charge in [0.25, 0.3) is 0 Å². The molecule has 1 N–H and O–H groups in total. The van der Waals surface area contributed by atoms with Crippen molar-refractivity contribution >= 4 is 12.0 Å². The van der Waals surface area contributed by atoms with Crippen molar-refractivity contribution in [1.29, 1.82) is 0 Å². The monoisotopic (exact) mass is 521 g/mol. The Bertz CT molecular complexity index is 1280. The summed E-state index contributed by atoms with van der Waals surface area (Å²) in [5.74, 6) is 1.03. The van der Waals surface area contributed by atoms with Crippen LogP contribution >= 0.6 is 0 Å². The van der Waals surface area contributed by atoms with Gasteiger partial charge in [-0.1, -0.05) is 45.0 Å². The van der Waals surface area contributed by atoms with Crippen LogP contribution in [-0.2, 0) is 20.4 Å². The van der Waals surface area contributed by atoms with Gasteiger partial charge in [0.05, 0.1) is 14.2 Å². The Morgan fingerprint density at radius 1 is 1.00 bits per heavy atom. The van der Waals surface area contributed by atoms with Gasteiger partial charge in [-0.25, -0.2) is 14.8 Å². The van der Waals surface area contributed by atoms with Crippen LogP contribution in [0.15, 0.2) is 52.9 Å². The number of likely N-dealkylation sites (tertiary alicyclic amines) is 1. The third-order valence-electron chi connectivity index (χ3n) is 7.15. The topological polar surface area (TPSA) is 105 Å². The van der Waals surface area contributed by atoms with Gasteiger partial charge >= 0.3 is 12.0 Å². The molecule has 1 aliphatic heterocycles. The number of hydrogen-bond acceptors (Lipinski definition) is 7. The second kappa shape index (κ2) is 10.5. The number of piperidine rings is 1. The summed E-state index contributed by atoms with van der Waals surface area (Å²) in [6, 6.07) is 15.1. The lowest BCUT2D eigenvalue weighted by Crippen LogP contribution is -2.51. The minimum atomic E-state index is -1.18. The molecule has 0 bridgehead atoms. The number of aromatic nitrogens is 1. The number of hydrogen-bond donors (Lipinski definition) is 1. The van der Waals surface area contributed by atoms with Gasteiger partial charge in [-0.3, -0.25) is 10.0 Å². The van der Waals surface area contributed by atoms with Crippen molar-refractivity contribution in [2.45, 2.75) is 44.4 Å². The van der Waals surface area contributed by atoms with Crippen LogP contribution in [0, 0.1) is 0 Å². The maximum atomic E-state index is 13.2. The first-order valence-corrected chi connectivity index (χ1v) is 12.6. The van der Waals surface area contributed by atoms with E-state index in [2.05, 4.69) is 32.9 Å². The molecule has 0 saturated carbocycles. The van der Waals surface area contributed by atoms with Crippen LogP contribution < -0.4 is 4.74 Å². The second-order valence-electron chi connectivity index (χ2n) is 10.6. The number of carbonyl (C=O) groups is 2. The van der Waals surface area contributed by atoms with E-state index in [4.69, 9.17) is 18.9 Å². The van der Waals surface area contributed by atoms with E-state index in [9.17, 15) is 14.8 Å². The van der Waals surface area contributed by atoms with E-state index in [0.29, 0.717) is 22.3 Å². The molecule has 0 radical (unpaired) electrons. The number of oxazole rings is 1. The van der Waals surface area contributed by atoms with Gasteiger partial charge in [0.2, 0.25) is 5.89 Å². The number of methoxy groups -OCH3 is 2. The summed E-state index contributed by atoms with van der Waals surface area (Å²) in [5, 5.41) is 10.1. The highest BCUT2D eigenvalue weighted by atomic mass is 16.5. The first-order valence-electron chi connectivity index (χ1n) is 12.6. The molecule has 38 heavy (non-hydrogen) atoms. The molecule has 1 aliphatic rings. The predicted molar refractivity (Wildman–Crippen MR) is 142 cm³/mol. The molecule has 2 amide bonds. The number of amides is 2. The van der Waals surface area contributed by atoms with Crippen LogP contribution in [0.25, 0.3) is 22.6 Å². The van der Waals surface area contributed by atoms with Gasteiger partial charge in [0.1, 0.15) is 16.9 Å². The summed E-state index contributed by atoms with van der Waals surface area (Å²) < 4.78 is 17.0. The SMILES string of the molecule is COC(=O)C1(c2nc(-c3ccc(OC)cc3)c(-c3ccc(C(C)(C)C)cc3)o2)CCN(C(=O)N(C)O)CC1. The lowest BCUT2D eigenvalue weighted by molar-refractivity contribution is -0.150. The van der Waals surface area contributed by atoms with Crippen LogP contribution in [-0.4, -0.2) is 66.5 Å². The first-order chi connectivity index (χ1) is 18.0. The van der Waals surface area contributed by atoms with Gasteiger partial charge < -0.3 is 18.8 Å². The average molecular weight is 522 g/mol. The van der Waals surface area contributed by atoms with E-state index in [1.165, 1.54) is 24.6 Å². The minimum absolute atomic E-state index is 0.00704. The van der Waals surface area contributed by atoms with Gasteiger partial charge in [-0.15, -0.1) is 0 Å². The van der Waals surface area contributed by atoms with Crippen molar-refractivity contribution in [3.8, 4) is 28.3 Å². The molecule has 2 heterocycles. The van der Waals surface area contributed by atoms with Crippen LogP contribution in [0.2, 0.25) is 0 Å². The van der Waals surface area contributed by atoms with Crippen LogP contribution in [0.5, 0.6) is 5.75 Å². The van der Waals surface area contributed by atoms with Crippen molar-refractivity contribution in [3.05, 3.63) is 60.0 Å². The fourth-order valence-electron chi connectivity index (χ4n) is 4.77. The number of ether oxygens (including phenoxy) is 2. The van der Waals surface area contributed by atoms with Gasteiger partial charge in [-0.05, 0) is 48.1 Å². The molecule has 0 aliphatic carbocycles. The third kappa shape index (κ3) is 5.11. The van der Waals surface area contributed by atoms with Crippen molar-refractivity contribution < 1.29 is 28.7 Å². The van der Waals surface area contributed by atoms with E-state index in [0.717, 1.165) is 11.1 Å². The molecular weight excluding hydrogens is 486 g/mol. The lowest BCUT2D eigenvalue weighted by atomic mass is 9.78. The second-order valence-corrected chi connectivity index (χ2v) is 10.6. The number of nitrogens with zero attached hydrogens (tertiary/aromatic N) is 3. The Labute approximate surface area is 222 Å². The zero-order valence-electron chi connectivity index (χ0n) is 22.8.